The Kier molecular flexibility index (Phi) is 1.21. The second-order valence-corrected chi connectivity index (χ2v) is 1.15. The minimum atomic E-state index is -1.88. The van der Waals surface area contributed by atoms with Crippen molar-refractivity contribution in [1.29, 1.82) is 0 Å². The topological polar surface area (TPSA) is 18.5 Å². The highest BCUT2D eigenvalue weighted by Gasteiger charge is 2.27. The van der Waals surface area contributed by atoms with Gasteiger partial charge in [0.1, 0.15) is 0 Å². The summed E-state index contributed by atoms with van der Waals surface area (Å²) in [6.07, 6.45) is -3.75. The molecule has 0 spiro atoms. The number of ether oxygens (including phenoxy) is 2. The summed E-state index contributed by atoms with van der Waals surface area (Å²) in [5.74, 6) is 0. The average Bonchev–Trinajstić information content (AvgIpc) is 1.91. The van der Waals surface area contributed by atoms with E-state index in [1.807, 2.05) is 0 Å². The monoisotopic (exact) mass is 110 g/mol. The molecule has 1 aliphatic rings. The summed E-state index contributed by atoms with van der Waals surface area (Å²) in [5, 5.41) is 0. The van der Waals surface area contributed by atoms with Gasteiger partial charge in [0.2, 0.25) is 0 Å². The predicted molar refractivity (Wildman–Crippen MR) is 16.8 cm³/mol. The van der Waals surface area contributed by atoms with E-state index in [4.69, 9.17) is 0 Å². The van der Waals surface area contributed by atoms with Crippen molar-refractivity contribution in [3.8, 4) is 0 Å². The van der Waals surface area contributed by atoms with Crippen LogP contribution in [-0.4, -0.2) is 19.5 Å². The van der Waals surface area contributed by atoms with Gasteiger partial charge in [-0.05, 0) is 0 Å². The molecule has 0 aromatic rings. The van der Waals surface area contributed by atoms with Crippen LogP contribution in [0.5, 0.6) is 0 Å². The lowest BCUT2D eigenvalue weighted by atomic mass is 10.7. The maximum absolute atomic E-state index is 11.6. The second-order valence-electron chi connectivity index (χ2n) is 1.15. The fourth-order valence-corrected chi connectivity index (χ4v) is 0.321. The Bertz CT molecular complexity index is 60.0. The summed E-state index contributed by atoms with van der Waals surface area (Å²) in [6.45, 7) is -0.275. The van der Waals surface area contributed by atoms with E-state index in [0.717, 1.165) is 0 Å². The van der Waals surface area contributed by atoms with E-state index in [9.17, 15) is 8.78 Å². The van der Waals surface area contributed by atoms with Gasteiger partial charge in [-0.15, -0.1) is 0 Å². The maximum atomic E-state index is 11.6. The Labute approximate surface area is 39.0 Å². The molecule has 1 fully saturated rings. The van der Waals surface area contributed by atoms with E-state index >= 15 is 0 Å². The summed E-state index contributed by atoms with van der Waals surface area (Å²) < 4.78 is 31.2. The predicted octanol–water partition coefficient (Wildman–Crippen LogP) is 0.582. The van der Waals surface area contributed by atoms with E-state index < -0.39 is 12.7 Å². The first-order valence-corrected chi connectivity index (χ1v) is 1.82. The molecule has 0 unspecified atom stereocenters. The summed E-state index contributed by atoms with van der Waals surface area (Å²) in [5.41, 5.74) is 0. The Balaban J connectivity index is 2.33. The van der Waals surface area contributed by atoms with E-state index in [-0.39, 0.29) is 6.79 Å². The average molecular weight is 110 g/mol. The molecule has 0 aromatic carbocycles. The maximum Gasteiger partial charge on any atom is 0.257 e. The van der Waals surface area contributed by atoms with Crippen LogP contribution in [0.2, 0.25) is 0 Å². The standard InChI is InChI=1S/C3H4F2O2/c4-2-3(5)7-1-6-2/h2-3H,1H2/t2-,3+. The van der Waals surface area contributed by atoms with Gasteiger partial charge in [0.25, 0.3) is 12.7 Å². The number of halogens is 2. The van der Waals surface area contributed by atoms with Gasteiger partial charge in [-0.3, -0.25) is 0 Å². The first-order chi connectivity index (χ1) is 3.30. The molecule has 1 rings (SSSR count). The highest BCUT2D eigenvalue weighted by molar-refractivity contribution is 4.48. The van der Waals surface area contributed by atoms with Crippen molar-refractivity contribution in [1.82, 2.24) is 0 Å². The van der Waals surface area contributed by atoms with Crippen LogP contribution in [0.1, 0.15) is 0 Å². The lowest BCUT2D eigenvalue weighted by Gasteiger charge is -1.94. The first-order valence-electron chi connectivity index (χ1n) is 1.82. The Morgan fingerprint density at radius 3 is 1.71 bits per heavy atom. The Hall–Kier alpha value is -0.220. The van der Waals surface area contributed by atoms with Gasteiger partial charge in [0.15, 0.2) is 6.79 Å². The van der Waals surface area contributed by atoms with Gasteiger partial charge in [0.05, 0.1) is 0 Å². The van der Waals surface area contributed by atoms with Crippen molar-refractivity contribution >= 4 is 0 Å². The van der Waals surface area contributed by atoms with Crippen LogP contribution in [0.25, 0.3) is 0 Å². The minimum Gasteiger partial charge on any atom is -0.317 e. The zero-order valence-corrected chi connectivity index (χ0v) is 3.43. The van der Waals surface area contributed by atoms with Crippen molar-refractivity contribution < 1.29 is 18.3 Å². The summed E-state index contributed by atoms with van der Waals surface area (Å²) in [6, 6.07) is 0. The molecule has 2 nitrogen and oxygen atoms in total. The van der Waals surface area contributed by atoms with Gasteiger partial charge in [-0.2, -0.15) is 0 Å². The molecule has 0 bridgehead atoms. The molecule has 1 saturated heterocycles. The second kappa shape index (κ2) is 1.71. The van der Waals surface area contributed by atoms with E-state index in [1.165, 1.54) is 0 Å². The fraction of sp³-hybridized carbons (Fsp3) is 1.00. The molecule has 4 heteroatoms. The normalized spacial score (nSPS) is 42.0. The lowest BCUT2D eigenvalue weighted by Crippen LogP contribution is -2.09. The van der Waals surface area contributed by atoms with E-state index in [0.29, 0.717) is 0 Å². The molecule has 0 aliphatic carbocycles. The zero-order chi connectivity index (χ0) is 5.28. The van der Waals surface area contributed by atoms with E-state index in [2.05, 4.69) is 9.47 Å². The molecule has 1 aliphatic heterocycles. The Morgan fingerprint density at radius 1 is 1.14 bits per heavy atom. The third kappa shape index (κ3) is 0.863. The number of hydrogen-bond acceptors (Lipinski definition) is 2. The van der Waals surface area contributed by atoms with Crippen molar-refractivity contribution in [2.75, 3.05) is 6.79 Å². The molecule has 2 atom stereocenters. The third-order valence-corrected chi connectivity index (χ3v) is 0.661. The van der Waals surface area contributed by atoms with Gasteiger partial charge >= 0.3 is 0 Å². The molecule has 0 radical (unpaired) electrons. The highest BCUT2D eigenvalue weighted by atomic mass is 19.2. The Morgan fingerprint density at radius 2 is 1.57 bits per heavy atom. The van der Waals surface area contributed by atoms with Crippen LogP contribution in [0.4, 0.5) is 8.78 Å². The van der Waals surface area contributed by atoms with Crippen LogP contribution < -0.4 is 0 Å². The fourth-order valence-electron chi connectivity index (χ4n) is 0.321. The quantitative estimate of drug-likeness (QED) is 0.454. The molecule has 0 amide bonds. The zero-order valence-electron chi connectivity index (χ0n) is 3.43. The summed E-state index contributed by atoms with van der Waals surface area (Å²) in [7, 11) is 0. The molecule has 0 N–H and O–H groups in total. The molecule has 7 heavy (non-hydrogen) atoms. The van der Waals surface area contributed by atoms with Gasteiger partial charge < -0.3 is 9.47 Å². The van der Waals surface area contributed by atoms with Gasteiger partial charge in [0, 0.05) is 0 Å². The van der Waals surface area contributed by atoms with Crippen molar-refractivity contribution in [3.63, 3.8) is 0 Å². The summed E-state index contributed by atoms with van der Waals surface area (Å²) >= 11 is 0. The highest BCUT2D eigenvalue weighted by Crippen LogP contribution is 2.13. The molecular weight excluding hydrogens is 106 g/mol. The SMILES string of the molecule is F[C@@H]1OCO[C@@H]1F. The molecule has 42 valence electrons. The third-order valence-electron chi connectivity index (χ3n) is 0.661. The first kappa shape index (κ1) is 4.93. The molecule has 0 aromatic heterocycles. The smallest absolute Gasteiger partial charge is 0.257 e. The van der Waals surface area contributed by atoms with Crippen LogP contribution in [-0.2, 0) is 9.47 Å². The molecular formula is C3H4F2O2. The summed E-state index contributed by atoms with van der Waals surface area (Å²) in [4.78, 5) is 0. The van der Waals surface area contributed by atoms with Gasteiger partial charge in [-0.1, -0.05) is 0 Å². The molecule has 1 heterocycles. The largest absolute Gasteiger partial charge is 0.317 e. The van der Waals surface area contributed by atoms with Crippen LogP contribution in [0.3, 0.4) is 0 Å². The van der Waals surface area contributed by atoms with Gasteiger partial charge in [-0.25, -0.2) is 8.78 Å². The van der Waals surface area contributed by atoms with E-state index in [1.54, 1.807) is 0 Å². The van der Waals surface area contributed by atoms with Crippen molar-refractivity contribution in [2.45, 2.75) is 12.7 Å². The van der Waals surface area contributed by atoms with Crippen molar-refractivity contribution in [2.24, 2.45) is 0 Å². The number of rotatable bonds is 0. The minimum absolute atomic E-state index is 0.275. The number of alkyl halides is 2. The van der Waals surface area contributed by atoms with Crippen LogP contribution in [0, 0.1) is 0 Å². The number of hydrogen-bond donors (Lipinski definition) is 0. The lowest BCUT2D eigenvalue weighted by molar-refractivity contribution is -0.0349. The van der Waals surface area contributed by atoms with Crippen LogP contribution in [0.15, 0.2) is 0 Å². The molecule has 0 saturated carbocycles. The van der Waals surface area contributed by atoms with Crippen LogP contribution >= 0.6 is 0 Å². The van der Waals surface area contributed by atoms with Crippen molar-refractivity contribution in [3.05, 3.63) is 0 Å².